The highest BCUT2D eigenvalue weighted by molar-refractivity contribution is 5.91. The van der Waals surface area contributed by atoms with Crippen LogP contribution >= 0.6 is 0 Å². The SMILES string of the molecule is CC[C@H](O)c1ccc(-n2ccc(C(=O)N(C)C)n2)cc1. The van der Waals surface area contributed by atoms with Gasteiger partial charge < -0.3 is 10.0 Å². The van der Waals surface area contributed by atoms with Crippen LogP contribution in [0.1, 0.15) is 35.5 Å². The van der Waals surface area contributed by atoms with Gasteiger partial charge in [-0.25, -0.2) is 4.68 Å². The highest BCUT2D eigenvalue weighted by atomic mass is 16.3. The van der Waals surface area contributed by atoms with Gasteiger partial charge in [0, 0.05) is 20.3 Å². The molecule has 1 aromatic heterocycles. The lowest BCUT2D eigenvalue weighted by atomic mass is 10.1. The minimum atomic E-state index is -0.437. The zero-order valence-corrected chi connectivity index (χ0v) is 11.9. The predicted molar refractivity (Wildman–Crippen MR) is 76.8 cm³/mol. The fraction of sp³-hybridized carbons (Fsp3) is 0.333. The van der Waals surface area contributed by atoms with E-state index >= 15 is 0 Å². The van der Waals surface area contributed by atoms with E-state index in [0.717, 1.165) is 11.3 Å². The van der Waals surface area contributed by atoms with Gasteiger partial charge in [-0.05, 0) is 30.2 Å². The van der Waals surface area contributed by atoms with Gasteiger partial charge in [-0.2, -0.15) is 5.10 Å². The molecule has 5 nitrogen and oxygen atoms in total. The predicted octanol–water partition coefficient (Wildman–Crippen LogP) is 2.02. The van der Waals surface area contributed by atoms with Crippen molar-refractivity contribution in [3.05, 3.63) is 47.8 Å². The fourth-order valence-corrected chi connectivity index (χ4v) is 1.90. The highest BCUT2D eigenvalue weighted by Crippen LogP contribution is 2.18. The maximum Gasteiger partial charge on any atom is 0.273 e. The van der Waals surface area contributed by atoms with Gasteiger partial charge in [0.15, 0.2) is 5.69 Å². The molecule has 0 aliphatic heterocycles. The molecular weight excluding hydrogens is 254 g/mol. The Labute approximate surface area is 118 Å². The number of carbonyl (C=O) groups excluding carboxylic acids is 1. The number of carbonyl (C=O) groups is 1. The van der Waals surface area contributed by atoms with Crippen LogP contribution < -0.4 is 0 Å². The summed E-state index contributed by atoms with van der Waals surface area (Å²) >= 11 is 0. The van der Waals surface area contributed by atoms with Crippen LogP contribution in [0.3, 0.4) is 0 Å². The minimum Gasteiger partial charge on any atom is -0.388 e. The second-order valence-corrected chi connectivity index (χ2v) is 4.86. The Balaban J connectivity index is 2.22. The third-order valence-corrected chi connectivity index (χ3v) is 3.14. The van der Waals surface area contributed by atoms with Crippen molar-refractivity contribution in [1.82, 2.24) is 14.7 Å². The second-order valence-electron chi connectivity index (χ2n) is 4.86. The van der Waals surface area contributed by atoms with Crippen molar-refractivity contribution in [2.45, 2.75) is 19.4 Å². The summed E-state index contributed by atoms with van der Waals surface area (Å²) in [6.45, 7) is 1.94. The van der Waals surface area contributed by atoms with Crippen molar-refractivity contribution in [2.24, 2.45) is 0 Å². The van der Waals surface area contributed by atoms with Crippen LogP contribution in [0.5, 0.6) is 0 Å². The van der Waals surface area contributed by atoms with Gasteiger partial charge >= 0.3 is 0 Å². The smallest absolute Gasteiger partial charge is 0.273 e. The average Bonchev–Trinajstić information content (AvgIpc) is 2.95. The molecule has 0 aliphatic carbocycles. The molecule has 0 unspecified atom stereocenters. The Kier molecular flexibility index (Phi) is 4.20. The molecule has 5 heteroatoms. The van der Waals surface area contributed by atoms with Crippen LogP contribution in [0.4, 0.5) is 0 Å². The average molecular weight is 273 g/mol. The first-order valence-electron chi connectivity index (χ1n) is 6.58. The van der Waals surface area contributed by atoms with Crippen LogP contribution in [0.25, 0.3) is 5.69 Å². The van der Waals surface area contributed by atoms with E-state index in [0.29, 0.717) is 12.1 Å². The Morgan fingerprint density at radius 2 is 1.95 bits per heavy atom. The summed E-state index contributed by atoms with van der Waals surface area (Å²) in [5.41, 5.74) is 2.15. The summed E-state index contributed by atoms with van der Waals surface area (Å²) in [6.07, 6.45) is 2.00. The van der Waals surface area contributed by atoms with E-state index in [9.17, 15) is 9.90 Å². The first-order chi connectivity index (χ1) is 9.52. The topological polar surface area (TPSA) is 58.4 Å². The second kappa shape index (κ2) is 5.88. The van der Waals surface area contributed by atoms with Crippen LogP contribution in [0.15, 0.2) is 36.5 Å². The van der Waals surface area contributed by atoms with Crippen molar-refractivity contribution >= 4 is 5.91 Å². The van der Waals surface area contributed by atoms with E-state index in [4.69, 9.17) is 0 Å². The van der Waals surface area contributed by atoms with E-state index in [-0.39, 0.29) is 5.91 Å². The number of nitrogens with zero attached hydrogens (tertiary/aromatic N) is 3. The molecule has 1 aromatic carbocycles. The summed E-state index contributed by atoms with van der Waals surface area (Å²) in [6, 6.07) is 9.20. The molecule has 1 amide bonds. The normalized spacial score (nSPS) is 12.2. The lowest BCUT2D eigenvalue weighted by Gasteiger charge is -2.09. The van der Waals surface area contributed by atoms with E-state index in [1.165, 1.54) is 4.90 Å². The van der Waals surface area contributed by atoms with Gasteiger partial charge in [0.1, 0.15) is 0 Å². The van der Waals surface area contributed by atoms with Gasteiger partial charge in [-0.3, -0.25) is 4.79 Å². The summed E-state index contributed by atoms with van der Waals surface area (Å²) in [4.78, 5) is 13.3. The van der Waals surface area contributed by atoms with Crippen LogP contribution in [0, 0.1) is 0 Å². The Hall–Kier alpha value is -2.14. The van der Waals surface area contributed by atoms with Crippen LogP contribution in [-0.2, 0) is 0 Å². The lowest BCUT2D eigenvalue weighted by molar-refractivity contribution is 0.0821. The third kappa shape index (κ3) is 2.88. The molecule has 1 N–H and O–H groups in total. The summed E-state index contributed by atoms with van der Waals surface area (Å²) in [5, 5.41) is 14.0. The fourth-order valence-electron chi connectivity index (χ4n) is 1.90. The van der Waals surface area contributed by atoms with Crippen LogP contribution in [-0.4, -0.2) is 39.8 Å². The number of benzene rings is 1. The number of rotatable bonds is 4. The molecule has 20 heavy (non-hydrogen) atoms. The first-order valence-corrected chi connectivity index (χ1v) is 6.58. The summed E-state index contributed by atoms with van der Waals surface area (Å²) in [5.74, 6) is -0.123. The molecule has 0 fully saturated rings. The molecule has 0 bridgehead atoms. The molecule has 106 valence electrons. The molecule has 2 aromatic rings. The molecule has 2 rings (SSSR count). The number of hydrogen-bond acceptors (Lipinski definition) is 3. The Bertz CT molecular complexity index is 587. The molecule has 0 saturated heterocycles. The van der Waals surface area contributed by atoms with Crippen molar-refractivity contribution < 1.29 is 9.90 Å². The standard InChI is InChI=1S/C15H19N3O2/c1-4-14(19)11-5-7-12(8-6-11)18-10-9-13(16-18)15(20)17(2)3/h5-10,14,19H,4H2,1-3H3/t14-/m0/s1. The number of amides is 1. The maximum absolute atomic E-state index is 11.8. The molecule has 1 atom stereocenters. The Morgan fingerprint density at radius 1 is 1.30 bits per heavy atom. The summed E-state index contributed by atoms with van der Waals surface area (Å²) in [7, 11) is 3.39. The van der Waals surface area contributed by atoms with Gasteiger partial charge in [0.25, 0.3) is 5.91 Å². The monoisotopic (exact) mass is 273 g/mol. The van der Waals surface area contributed by atoms with Crippen molar-refractivity contribution in [3.8, 4) is 5.69 Å². The van der Waals surface area contributed by atoms with Crippen molar-refractivity contribution in [1.29, 1.82) is 0 Å². The van der Waals surface area contributed by atoms with Gasteiger partial charge in [0.05, 0.1) is 11.8 Å². The minimum absolute atomic E-state index is 0.123. The van der Waals surface area contributed by atoms with Gasteiger partial charge in [-0.1, -0.05) is 19.1 Å². The van der Waals surface area contributed by atoms with Crippen LogP contribution in [0.2, 0.25) is 0 Å². The third-order valence-electron chi connectivity index (χ3n) is 3.14. The number of aliphatic hydroxyl groups excluding tert-OH is 1. The largest absolute Gasteiger partial charge is 0.388 e. The van der Waals surface area contributed by atoms with E-state index in [1.54, 1.807) is 31.0 Å². The van der Waals surface area contributed by atoms with E-state index < -0.39 is 6.10 Å². The molecule has 0 radical (unpaired) electrons. The Morgan fingerprint density at radius 3 is 2.50 bits per heavy atom. The zero-order valence-electron chi connectivity index (χ0n) is 11.9. The van der Waals surface area contributed by atoms with E-state index in [1.807, 2.05) is 31.2 Å². The number of aromatic nitrogens is 2. The number of aliphatic hydroxyl groups is 1. The first kappa shape index (κ1) is 14.3. The summed E-state index contributed by atoms with van der Waals surface area (Å²) < 4.78 is 1.65. The zero-order chi connectivity index (χ0) is 14.7. The quantitative estimate of drug-likeness (QED) is 0.927. The maximum atomic E-state index is 11.8. The van der Waals surface area contributed by atoms with Gasteiger partial charge in [0.2, 0.25) is 0 Å². The van der Waals surface area contributed by atoms with Crippen molar-refractivity contribution in [3.63, 3.8) is 0 Å². The molecule has 0 spiro atoms. The number of hydrogen-bond donors (Lipinski definition) is 1. The molecule has 1 heterocycles. The molecular formula is C15H19N3O2. The molecule has 0 saturated carbocycles. The highest BCUT2D eigenvalue weighted by Gasteiger charge is 2.12. The molecule has 0 aliphatic rings. The lowest BCUT2D eigenvalue weighted by Crippen LogP contribution is -2.22. The van der Waals surface area contributed by atoms with Gasteiger partial charge in [-0.15, -0.1) is 0 Å². The van der Waals surface area contributed by atoms with E-state index in [2.05, 4.69) is 5.10 Å². The van der Waals surface area contributed by atoms with Crippen molar-refractivity contribution in [2.75, 3.05) is 14.1 Å².